The summed E-state index contributed by atoms with van der Waals surface area (Å²) in [4.78, 5) is 23.8. The maximum atomic E-state index is 13.8. The largest absolute Gasteiger partial charge is 0.452 e. The fourth-order valence-electron chi connectivity index (χ4n) is 2.93. The van der Waals surface area contributed by atoms with Gasteiger partial charge in [0.05, 0.1) is 27.4 Å². The van der Waals surface area contributed by atoms with Crippen molar-refractivity contribution in [1.82, 2.24) is 5.32 Å². The Hall–Kier alpha value is -2.40. The molecule has 0 radical (unpaired) electrons. The van der Waals surface area contributed by atoms with E-state index in [1.807, 2.05) is 0 Å². The smallest absolute Gasteiger partial charge is 0.340 e. The predicted molar refractivity (Wildman–Crippen MR) is 116 cm³/mol. The normalized spacial score (nSPS) is 15.9. The number of amides is 1. The van der Waals surface area contributed by atoms with Gasteiger partial charge in [-0.25, -0.2) is 17.6 Å². The van der Waals surface area contributed by atoms with Gasteiger partial charge in [0, 0.05) is 13.2 Å². The quantitative estimate of drug-likeness (QED) is 0.533. The fourth-order valence-corrected chi connectivity index (χ4v) is 4.85. The number of sulfonamides is 1. The summed E-state index contributed by atoms with van der Waals surface area (Å²) in [6.07, 6.45) is 1.68. The molecular formula is C20H19Cl2FN2O6S. The number of hydrogen-bond donors (Lipinski definition) is 2. The Kier molecular flexibility index (Phi) is 7.94. The van der Waals surface area contributed by atoms with Crippen LogP contribution in [-0.2, 0) is 24.3 Å². The van der Waals surface area contributed by atoms with Gasteiger partial charge >= 0.3 is 5.97 Å². The van der Waals surface area contributed by atoms with Crippen LogP contribution in [0.5, 0.6) is 0 Å². The first-order valence-corrected chi connectivity index (χ1v) is 11.7. The zero-order valence-electron chi connectivity index (χ0n) is 16.6. The molecule has 172 valence electrons. The molecule has 1 unspecified atom stereocenters. The van der Waals surface area contributed by atoms with Gasteiger partial charge in [0.25, 0.3) is 15.9 Å². The van der Waals surface area contributed by atoms with Gasteiger partial charge in [0.1, 0.15) is 10.7 Å². The molecular weight excluding hydrogens is 486 g/mol. The van der Waals surface area contributed by atoms with Crippen LogP contribution in [0.25, 0.3) is 0 Å². The van der Waals surface area contributed by atoms with Crippen LogP contribution < -0.4 is 10.0 Å². The summed E-state index contributed by atoms with van der Waals surface area (Å²) in [6.45, 7) is 0.337. The van der Waals surface area contributed by atoms with Crippen molar-refractivity contribution < 1.29 is 31.9 Å². The molecule has 2 aromatic rings. The molecule has 3 rings (SSSR count). The van der Waals surface area contributed by atoms with Crippen LogP contribution in [0.3, 0.4) is 0 Å². The van der Waals surface area contributed by atoms with Crippen LogP contribution in [0.15, 0.2) is 41.3 Å². The summed E-state index contributed by atoms with van der Waals surface area (Å²) in [6, 6.07) is 7.09. The number of rotatable bonds is 8. The summed E-state index contributed by atoms with van der Waals surface area (Å²) in [5, 5.41) is 2.12. The van der Waals surface area contributed by atoms with E-state index in [-0.39, 0.29) is 27.4 Å². The third-order valence-corrected chi connectivity index (χ3v) is 6.68. The number of benzene rings is 2. The molecule has 0 aromatic heterocycles. The lowest BCUT2D eigenvalue weighted by Crippen LogP contribution is -2.34. The number of carbonyl (C=O) groups excluding carboxylic acids is 2. The van der Waals surface area contributed by atoms with E-state index in [9.17, 15) is 22.4 Å². The Labute approximate surface area is 194 Å². The van der Waals surface area contributed by atoms with E-state index >= 15 is 0 Å². The molecule has 0 spiro atoms. The zero-order valence-corrected chi connectivity index (χ0v) is 18.9. The van der Waals surface area contributed by atoms with Gasteiger partial charge in [-0.2, -0.15) is 0 Å². The minimum atomic E-state index is -4.37. The second kappa shape index (κ2) is 10.5. The van der Waals surface area contributed by atoms with E-state index in [4.69, 9.17) is 32.7 Å². The summed E-state index contributed by atoms with van der Waals surface area (Å²) in [5.74, 6) is -2.37. The molecule has 0 aliphatic carbocycles. The number of halogens is 3. The third kappa shape index (κ3) is 6.10. The summed E-state index contributed by atoms with van der Waals surface area (Å²) in [7, 11) is -4.37. The lowest BCUT2D eigenvalue weighted by Gasteiger charge is -2.13. The van der Waals surface area contributed by atoms with E-state index in [1.165, 1.54) is 18.2 Å². The Morgan fingerprint density at radius 2 is 1.94 bits per heavy atom. The molecule has 0 saturated carbocycles. The van der Waals surface area contributed by atoms with E-state index in [2.05, 4.69) is 10.0 Å². The monoisotopic (exact) mass is 504 g/mol. The van der Waals surface area contributed by atoms with Crippen molar-refractivity contribution >= 4 is 50.8 Å². The van der Waals surface area contributed by atoms with Crippen LogP contribution in [0.4, 0.5) is 10.1 Å². The predicted octanol–water partition coefficient (Wildman–Crippen LogP) is 3.39. The average Bonchev–Trinajstić information content (AvgIpc) is 3.25. The number of para-hydroxylation sites is 1. The highest BCUT2D eigenvalue weighted by molar-refractivity contribution is 7.92. The van der Waals surface area contributed by atoms with Crippen molar-refractivity contribution in [3.8, 4) is 0 Å². The molecule has 1 fully saturated rings. The SMILES string of the molecule is O=C(COC(=O)c1cc(S(=O)(=O)Nc2ccccc2F)c(Cl)cc1Cl)NCC1CCCO1. The highest BCUT2D eigenvalue weighted by atomic mass is 35.5. The second-order valence-corrected chi connectivity index (χ2v) is 9.33. The van der Waals surface area contributed by atoms with Gasteiger partial charge in [-0.15, -0.1) is 0 Å². The standard InChI is InChI=1S/C20H19Cl2FN2O6S/c21-14-9-15(22)18(32(28,29)25-17-6-2-1-5-16(17)23)8-13(14)20(27)31-11-19(26)24-10-12-4-3-7-30-12/h1-2,5-6,8-9,12,25H,3-4,7,10-11H2,(H,24,26). The van der Waals surface area contributed by atoms with E-state index in [0.29, 0.717) is 13.2 Å². The number of carbonyl (C=O) groups is 2. The van der Waals surface area contributed by atoms with Crippen LogP contribution in [0, 0.1) is 5.82 Å². The van der Waals surface area contributed by atoms with Crippen molar-refractivity contribution in [2.24, 2.45) is 0 Å². The van der Waals surface area contributed by atoms with Gasteiger partial charge in [0.2, 0.25) is 0 Å². The molecule has 1 aliphatic rings. The minimum Gasteiger partial charge on any atom is -0.452 e. The van der Waals surface area contributed by atoms with Crippen LogP contribution in [0.2, 0.25) is 10.0 Å². The Balaban J connectivity index is 1.70. The molecule has 1 saturated heterocycles. The zero-order chi connectivity index (χ0) is 23.3. The lowest BCUT2D eigenvalue weighted by molar-refractivity contribution is -0.124. The first-order valence-electron chi connectivity index (χ1n) is 9.49. The van der Waals surface area contributed by atoms with Crippen LogP contribution in [-0.4, -0.2) is 46.2 Å². The van der Waals surface area contributed by atoms with Crippen LogP contribution in [0.1, 0.15) is 23.2 Å². The Morgan fingerprint density at radius 3 is 2.62 bits per heavy atom. The maximum absolute atomic E-state index is 13.8. The van der Waals surface area contributed by atoms with Crippen LogP contribution >= 0.6 is 23.2 Å². The summed E-state index contributed by atoms with van der Waals surface area (Å²) in [5.41, 5.74) is -0.623. The van der Waals surface area contributed by atoms with Crippen molar-refractivity contribution in [3.63, 3.8) is 0 Å². The average molecular weight is 505 g/mol. The number of anilines is 1. The minimum absolute atomic E-state index is 0.0740. The van der Waals surface area contributed by atoms with E-state index < -0.39 is 39.2 Å². The Bertz CT molecular complexity index is 1120. The molecule has 1 aliphatic heterocycles. The molecule has 32 heavy (non-hydrogen) atoms. The molecule has 0 bridgehead atoms. The Morgan fingerprint density at radius 1 is 1.19 bits per heavy atom. The lowest BCUT2D eigenvalue weighted by atomic mass is 10.2. The van der Waals surface area contributed by atoms with Crippen molar-refractivity contribution in [3.05, 3.63) is 57.8 Å². The van der Waals surface area contributed by atoms with E-state index in [1.54, 1.807) is 0 Å². The number of esters is 1. The first kappa shape index (κ1) is 24.2. The maximum Gasteiger partial charge on any atom is 0.340 e. The topological polar surface area (TPSA) is 111 Å². The molecule has 2 N–H and O–H groups in total. The molecule has 1 atom stereocenters. The fraction of sp³-hybridized carbons (Fsp3) is 0.300. The van der Waals surface area contributed by atoms with Gasteiger partial charge in [-0.3, -0.25) is 9.52 Å². The third-order valence-electron chi connectivity index (χ3n) is 4.53. The molecule has 8 nitrogen and oxygen atoms in total. The van der Waals surface area contributed by atoms with Gasteiger partial charge in [-0.05, 0) is 37.1 Å². The molecule has 1 heterocycles. The number of ether oxygens (including phenoxy) is 2. The number of hydrogen-bond acceptors (Lipinski definition) is 6. The summed E-state index contributed by atoms with van der Waals surface area (Å²) >= 11 is 12.0. The van der Waals surface area contributed by atoms with Gasteiger partial charge < -0.3 is 14.8 Å². The second-order valence-electron chi connectivity index (χ2n) is 6.86. The van der Waals surface area contributed by atoms with Gasteiger partial charge in [0.15, 0.2) is 6.61 Å². The first-order chi connectivity index (χ1) is 15.2. The van der Waals surface area contributed by atoms with Gasteiger partial charge in [-0.1, -0.05) is 35.3 Å². The highest BCUT2D eigenvalue weighted by Crippen LogP contribution is 2.31. The molecule has 2 aromatic carbocycles. The highest BCUT2D eigenvalue weighted by Gasteiger charge is 2.25. The molecule has 1 amide bonds. The van der Waals surface area contributed by atoms with Crippen molar-refractivity contribution in [2.75, 3.05) is 24.5 Å². The molecule has 12 heteroatoms. The van der Waals surface area contributed by atoms with Crippen molar-refractivity contribution in [2.45, 2.75) is 23.8 Å². The van der Waals surface area contributed by atoms with E-state index in [0.717, 1.165) is 31.0 Å². The summed E-state index contributed by atoms with van der Waals surface area (Å²) < 4.78 is 51.6. The van der Waals surface area contributed by atoms with Crippen molar-refractivity contribution in [1.29, 1.82) is 0 Å². The number of nitrogens with one attached hydrogen (secondary N) is 2.